The van der Waals surface area contributed by atoms with E-state index in [1.165, 1.54) is 0 Å². The highest BCUT2D eigenvalue weighted by Crippen LogP contribution is 2.11. The molecule has 3 heteroatoms. The van der Waals surface area contributed by atoms with Gasteiger partial charge in [-0.15, -0.1) is 0 Å². The quantitative estimate of drug-likeness (QED) is 0.467. The van der Waals surface area contributed by atoms with Gasteiger partial charge in [0.05, 0.1) is 18.8 Å². The average molecular weight is 269 g/mol. The van der Waals surface area contributed by atoms with E-state index in [4.69, 9.17) is 5.26 Å². The molecule has 20 heavy (non-hydrogen) atoms. The molecule has 0 aromatic heterocycles. The molecule has 0 unspecified atom stereocenters. The number of nitriles is 1. The van der Waals surface area contributed by atoms with Gasteiger partial charge >= 0.3 is 0 Å². The van der Waals surface area contributed by atoms with Crippen molar-refractivity contribution in [2.45, 2.75) is 39.8 Å². The summed E-state index contributed by atoms with van der Waals surface area (Å²) in [6.45, 7) is 9.87. The van der Waals surface area contributed by atoms with Crippen molar-refractivity contribution in [1.29, 1.82) is 5.26 Å². The Morgan fingerprint density at radius 3 is 2.00 bits per heavy atom. The number of anilines is 1. The van der Waals surface area contributed by atoms with Gasteiger partial charge in [-0.3, -0.25) is 9.80 Å². The first-order valence-electron chi connectivity index (χ1n) is 7.00. The highest BCUT2D eigenvalue weighted by molar-refractivity contribution is 5.51. The maximum absolute atomic E-state index is 9.16. The molecular weight excluding hydrogens is 246 g/mol. The molecule has 0 saturated carbocycles. The molecule has 3 nitrogen and oxygen atoms in total. The summed E-state index contributed by atoms with van der Waals surface area (Å²) in [5, 5.41) is 9.16. The summed E-state index contributed by atoms with van der Waals surface area (Å²) in [4.78, 5) is 3.92. The van der Waals surface area contributed by atoms with Crippen LogP contribution in [0.3, 0.4) is 0 Å². The minimum atomic E-state index is 0.435. The minimum absolute atomic E-state index is 0.435. The summed E-state index contributed by atoms with van der Waals surface area (Å²) >= 11 is 0. The van der Waals surface area contributed by atoms with Gasteiger partial charge in [-0.1, -0.05) is 30.0 Å². The van der Waals surface area contributed by atoms with Gasteiger partial charge in [0.2, 0.25) is 0 Å². The highest BCUT2D eigenvalue weighted by Gasteiger charge is 2.11. The standard InChI is InChI=1S/C17H23N3/c1-15(2)20(16(3)4)13-9-8-12-19(14-18)17-10-6-5-7-11-17/h5-7,10-11,15-16H,12-13H2,1-4H3. The fourth-order valence-corrected chi connectivity index (χ4v) is 2.04. The lowest BCUT2D eigenvalue weighted by atomic mass is 10.2. The molecule has 0 bridgehead atoms. The van der Waals surface area contributed by atoms with Gasteiger partial charge in [-0.25, -0.2) is 0 Å². The molecule has 1 aromatic rings. The maximum atomic E-state index is 9.16. The van der Waals surface area contributed by atoms with Crippen molar-refractivity contribution >= 4 is 5.69 Å². The zero-order valence-electron chi connectivity index (χ0n) is 12.8. The molecule has 0 saturated heterocycles. The Hall–Kier alpha value is -1.97. The minimum Gasteiger partial charge on any atom is -0.287 e. The number of rotatable bonds is 5. The average Bonchev–Trinajstić information content (AvgIpc) is 2.43. The first kappa shape index (κ1) is 16.1. The van der Waals surface area contributed by atoms with Crippen LogP contribution in [0.4, 0.5) is 5.69 Å². The fourth-order valence-electron chi connectivity index (χ4n) is 2.04. The van der Waals surface area contributed by atoms with E-state index in [9.17, 15) is 0 Å². The number of para-hydroxylation sites is 1. The summed E-state index contributed by atoms with van der Waals surface area (Å²) in [5.41, 5.74) is 0.883. The predicted molar refractivity (Wildman–Crippen MR) is 84.2 cm³/mol. The van der Waals surface area contributed by atoms with E-state index in [0.717, 1.165) is 12.2 Å². The van der Waals surface area contributed by atoms with Crippen molar-refractivity contribution in [2.24, 2.45) is 0 Å². The zero-order chi connectivity index (χ0) is 15.0. The predicted octanol–water partition coefficient (Wildman–Crippen LogP) is 3.10. The molecule has 0 aliphatic carbocycles. The molecule has 1 rings (SSSR count). The second kappa shape index (κ2) is 8.25. The number of nitrogens with zero attached hydrogens (tertiary/aromatic N) is 3. The number of hydrogen-bond donors (Lipinski definition) is 0. The summed E-state index contributed by atoms with van der Waals surface area (Å²) in [6.07, 6.45) is 2.17. The highest BCUT2D eigenvalue weighted by atomic mass is 15.2. The van der Waals surface area contributed by atoms with Gasteiger partial charge in [0.1, 0.15) is 0 Å². The van der Waals surface area contributed by atoms with E-state index >= 15 is 0 Å². The molecule has 1 aromatic carbocycles. The van der Waals surface area contributed by atoms with Crippen molar-refractivity contribution in [3.05, 3.63) is 30.3 Å². The van der Waals surface area contributed by atoms with Gasteiger partial charge in [0.15, 0.2) is 6.19 Å². The molecule has 0 N–H and O–H groups in total. The van der Waals surface area contributed by atoms with Crippen LogP contribution in [0.25, 0.3) is 0 Å². The van der Waals surface area contributed by atoms with Crippen LogP contribution in [-0.4, -0.2) is 30.1 Å². The van der Waals surface area contributed by atoms with Crippen molar-refractivity contribution in [3.8, 4) is 18.0 Å². The van der Waals surface area contributed by atoms with Crippen LogP contribution in [-0.2, 0) is 0 Å². The molecular formula is C17H23N3. The number of benzene rings is 1. The zero-order valence-corrected chi connectivity index (χ0v) is 12.8. The molecule has 0 aliphatic heterocycles. The first-order chi connectivity index (χ1) is 9.56. The third kappa shape index (κ3) is 4.96. The van der Waals surface area contributed by atoms with E-state index in [-0.39, 0.29) is 0 Å². The van der Waals surface area contributed by atoms with E-state index in [0.29, 0.717) is 18.6 Å². The van der Waals surface area contributed by atoms with Crippen molar-refractivity contribution in [2.75, 3.05) is 18.0 Å². The Bertz CT molecular complexity index is 480. The SMILES string of the molecule is CC(C)N(CC#CCN(C#N)c1ccccc1)C(C)C. The Morgan fingerprint density at radius 2 is 1.50 bits per heavy atom. The van der Waals surface area contributed by atoms with Crippen LogP contribution in [0.1, 0.15) is 27.7 Å². The maximum Gasteiger partial charge on any atom is 0.185 e. The third-order valence-electron chi connectivity index (χ3n) is 3.14. The van der Waals surface area contributed by atoms with Gasteiger partial charge in [0, 0.05) is 12.1 Å². The van der Waals surface area contributed by atoms with Crippen LogP contribution in [0.5, 0.6) is 0 Å². The fraction of sp³-hybridized carbons (Fsp3) is 0.471. The van der Waals surface area contributed by atoms with Gasteiger partial charge in [-0.05, 0) is 39.8 Å². The second-order valence-electron chi connectivity index (χ2n) is 5.24. The Balaban J connectivity index is 2.59. The molecule has 0 radical (unpaired) electrons. The van der Waals surface area contributed by atoms with Crippen molar-refractivity contribution < 1.29 is 0 Å². The Morgan fingerprint density at radius 1 is 0.950 bits per heavy atom. The monoisotopic (exact) mass is 269 g/mol. The van der Waals surface area contributed by atoms with Crippen LogP contribution < -0.4 is 4.90 Å². The van der Waals surface area contributed by atoms with Gasteiger partial charge < -0.3 is 0 Å². The van der Waals surface area contributed by atoms with E-state index in [1.54, 1.807) is 4.90 Å². The third-order valence-corrected chi connectivity index (χ3v) is 3.14. The Kier molecular flexibility index (Phi) is 6.64. The summed E-state index contributed by atoms with van der Waals surface area (Å²) in [6, 6.07) is 10.6. The van der Waals surface area contributed by atoms with Gasteiger partial charge in [-0.2, -0.15) is 5.26 Å². The Labute approximate surface area is 122 Å². The lowest BCUT2D eigenvalue weighted by Crippen LogP contribution is -2.37. The molecule has 0 heterocycles. The van der Waals surface area contributed by atoms with Crippen molar-refractivity contribution in [1.82, 2.24) is 4.90 Å². The summed E-state index contributed by atoms with van der Waals surface area (Å²) < 4.78 is 0. The molecule has 0 spiro atoms. The molecule has 0 amide bonds. The molecule has 0 aliphatic rings. The van der Waals surface area contributed by atoms with E-state index < -0.39 is 0 Å². The topological polar surface area (TPSA) is 30.3 Å². The smallest absolute Gasteiger partial charge is 0.185 e. The van der Waals surface area contributed by atoms with E-state index in [1.807, 2.05) is 30.3 Å². The lowest BCUT2D eigenvalue weighted by molar-refractivity contribution is 0.200. The lowest BCUT2D eigenvalue weighted by Gasteiger charge is -2.28. The van der Waals surface area contributed by atoms with Crippen LogP contribution in [0, 0.1) is 23.3 Å². The molecule has 0 fully saturated rings. The number of hydrogen-bond acceptors (Lipinski definition) is 3. The van der Waals surface area contributed by atoms with Crippen LogP contribution in [0.2, 0.25) is 0 Å². The largest absolute Gasteiger partial charge is 0.287 e. The molecule has 106 valence electrons. The van der Waals surface area contributed by atoms with Crippen LogP contribution in [0.15, 0.2) is 30.3 Å². The van der Waals surface area contributed by atoms with Gasteiger partial charge in [0.25, 0.3) is 0 Å². The van der Waals surface area contributed by atoms with Crippen molar-refractivity contribution in [3.63, 3.8) is 0 Å². The molecule has 0 atom stereocenters. The summed E-state index contributed by atoms with van der Waals surface area (Å²) in [7, 11) is 0. The summed E-state index contributed by atoms with van der Waals surface area (Å²) in [5.74, 6) is 6.25. The van der Waals surface area contributed by atoms with E-state index in [2.05, 4.69) is 50.6 Å². The van der Waals surface area contributed by atoms with Crippen LogP contribution >= 0.6 is 0 Å². The second-order valence-corrected chi connectivity index (χ2v) is 5.24. The normalized spacial score (nSPS) is 10.3. The first-order valence-corrected chi connectivity index (χ1v) is 7.00.